The molecule has 7 nitrogen and oxygen atoms in total. The summed E-state index contributed by atoms with van der Waals surface area (Å²) in [4.78, 5) is 27.6. The molecule has 0 spiro atoms. The van der Waals surface area contributed by atoms with E-state index in [1.54, 1.807) is 12.1 Å². The predicted molar refractivity (Wildman–Crippen MR) is 89.9 cm³/mol. The molecule has 140 valence electrons. The van der Waals surface area contributed by atoms with E-state index in [2.05, 4.69) is 10.2 Å². The number of anilines is 1. The van der Waals surface area contributed by atoms with Gasteiger partial charge in [0.05, 0.1) is 12.5 Å². The van der Waals surface area contributed by atoms with Crippen molar-refractivity contribution in [2.75, 3.05) is 31.1 Å². The fourth-order valence-corrected chi connectivity index (χ4v) is 3.61. The number of amides is 2. The van der Waals surface area contributed by atoms with Crippen LogP contribution in [0.25, 0.3) is 0 Å². The lowest BCUT2D eigenvalue weighted by molar-refractivity contribution is -0.131. The summed E-state index contributed by atoms with van der Waals surface area (Å²) in [5.74, 6) is -2.55. The first kappa shape index (κ1) is 17.3. The van der Waals surface area contributed by atoms with E-state index in [1.165, 1.54) is 12.3 Å². The van der Waals surface area contributed by atoms with Crippen LogP contribution in [0, 0.1) is 17.6 Å². The molecule has 2 amide bonds. The molecule has 9 heteroatoms. The first-order valence-corrected chi connectivity index (χ1v) is 8.50. The van der Waals surface area contributed by atoms with E-state index in [9.17, 15) is 18.4 Å². The van der Waals surface area contributed by atoms with Gasteiger partial charge >= 0.3 is 6.09 Å². The van der Waals surface area contributed by atoms with E-state index in [-0.39, 0.29) is 25.3 Å². The van der Waals surface area contributed by atoms with Gasteiger partial charge in [0.2, 0.25) is 5.91 Å². The highest BCUT2D eigenvalue weighted by Gasteiger charge is 2.44. The van der Waals surface area contributed by atoms with E-state index in [0.717, 1.165) is 17.0 Å². The van der Waals surface area contributed by atoms with Gasteiger partial charge in [0.1, 0.15) is 18.2 Å². The monoisotopic (exact) mass is 374 g/mol. The number of halogens is 2. The van der Waals surface area contributed by atoms with Gasteiger partial charge in [-0.15, -0.1) is 5.10 Å². The highest BCUT2D eigenvalue weighted by atomic mass is 19.1. The topological polar surface area (TPSA) is 75.6 Å². The molecule has 27 heavy (non-hydrogen) atoms. The second-order valence-corrected chi connectivity index (χ2v) is 6.47. The van der Waals surface area contributed by atoms with E-state index in [1.807, 2.05) is 4.90 Å². The number of carbonyl (C=O) groups excluding carboxylic acids is 2. The molecule has 0 aliphatic carbocycles. The van der Waals surface area contributed by atoms with Gasteiger partial charge in [-0.2, -0.15) is 5.10 Å². The fourth-order valence-electron chi connectivity index (χ4n) is 3.61. The van der Waals surface area contributed by atoms with E-state index in [0.29, 0.717) is 12.4 Å². The number of nitrogens with zero attached hydrogens (tertiary/aromatic N) is 4. The third-order valence-electron chi connectivity index (χ3n) is 4.91. The number of aromatic nitrogens is 2. The summed E-state index contributed by atoms with van der Waals surface area (Å²) in [5, 5.41) is 7.87. The minimum atomic E-state index is -0.720. The summed E-state index contributed by atoms with van der Waals surface area (Å²) in [6.07, 6.45) is 0.829. The van der Waals surface area contributed by atoms with Gasteiger partial charge in [0, 0.05) is 31.3 Å². The highest BCUT2D eigenvalue weighted by molar-refractivity contribution is 5.95. The van der Waals surface area contributed by atoms with Crippen molar-refractivity contribution in [1.82, 2.24) is 15.1 Å². The van der Waals surface area contributed by atoms with Crippen LogP contribution in [0.4, 0.5) is 19.4 Å². The Morgan fingerprint density at radius 3 is 2.74 bits per heavy atom. The van der Waals surface area contributed by atoms with E-state index in [4.69, 9.17) is 4.74 Å². The van der Waals surface area contributed by atoms with Crippen LogP contribution in [-0.4, -0.2) is 53.3 Å². The van der Waals surface area contributed by atoms with Crippen LogP contribution >= 0.6 is 0 Å². The van der Waals surface area contributed by atoms with Crippen LogP contribution in [0.3, 0.4) is 0 Å². The molecular formula is C18H16F2N4O3. The van der Waals surface area contributed by atoms with Crippen molar-refractivity contribution in [3.05, 3.63) is 53.7 Å². The molecule has 2 saturated heterocycles. The average Bonchev–Trinajstić information content (AvgIpc) is 3.28. The number of hydrogen-bond donors (Lipinski definition) is 0. The SMILES string of the molecule is O=C1OCCN1C(=O)[C@@H]1CN(c2cccnn2)C[C@H]1c1ccc(F)cc1F. The maximum absolute atomic E-state index is 14.4. The van der Waals surface area contributed by atoms with Crippen LogP contribution in [0.1, 0.15) is 11.5 Å². The molecule has 0 saturated carbocycles. The molecule has 0 N–H and O–H groups in total. The van der Waals surface area contributed by atoms with Gasteiger partial charge in [0.15, 0.2) is 5.82 Å². The normalized spacial score (nSPS) is 22.2. The molecule has 2 aromatic rings. The van der Waals surface area contributed by atoms with Gasteiger partial charge in [-0.25, -0.2) is 18.5 Å². The van der Waals surface area contributed by atoms with Crippen molar-refractivity contribution in [3.8, 4) is 0 Å². The Balaban J connectivity index is 1.68. The summed E-state index contributed by atoms with van der Waals surface area (Å²) >= 11 is 0. The van der Waals surface area contributed by atoms with Crippen LogP contribution < -0.4 is 4.90 Å². The largest absolute Gasteiger partial charge is 0.447 e. The van der Waals surface area contributed by atoms with Crippen LogP contribution in [0.5, 0.6) is 0 Å². The smallest absolute Gasteiger partial charge is 0.416 e. The Labute approximate surface area is 153 Å². The summed E-state index contributed by atoms with van der Waals surface area (Å²) in [5.41, 5.74) is 0.230. The summed E-state index contributed by atoms with van der Waals surface area (Å²) < 4.78 is 32.6. The zero-order chi connectivity index (χ0) is 19.0. The molecule has 0 radical (unpaired) electrons. The second kappa shape index (κ2) is 6.90. The maximum Gasteiger partial charge on any atom is 0.416 e. The zero-order valence-corrected chi connectivity index (χ0v) is 14.2. The molecule has 2 aliphatic rings. The number of cyclic esters (lactones) is 1. The third kappa shape index (κ3) is 3.20. The molecular weight excluding hydrogens is 358 g/mol. The van der Waals surface area contributed by atoms with Crippen LogP contribution in [0.15, 0.2) is 36.5 Å². The minimum Gasteiger partial charge on any atom is -0.447 e. The van der Waals surface area contributed by atoms with E-state index < -0.39 is 35.5 Å². The fraction of sp³-hybridized carbons (Fsp3) is 0.333. The molecule has 3 heterocycles. The Morgan fingerprint density at radius 1 is 1.22 bits per heavy atom. The maximum atomic E-state index is 14.4. The molecule has 2 aliphatic heterocycles. The Morgan fingerprint density at radius 2 is 2.07 bits per heavy atom. The molecule has 1 aromatic carbocycles. The lowest BCUT2D eigenvalue weighted by atomic mass is 9.87. The van der Waals surface area contributed by atoms with Crippen molar-refractivity contribution < 1.29 is 23.1 Å². The van der Waals surface area contributed by atoms with Crippen molar-refractivity contribution in [2.45, 2.75) is 5.92 Å². The quantitative estimate of drug-likeness (QED) is 0.818. The lowest BCUT2D eigenvalue weighted by Crippen LogP contribution is -2.39. The van der Waals surface area contributed by atoms with Gasteiger partial charge < -0.3 is 9.64 Å². The van der Waals surface area contributed by atoms with E-state index >= 15 is 0 Å². The second-order valence-electron chi connectivity index (χ2n) is 6.47. The number of carbonyl (C=O) groups is 2. The zero-order valence-electron chi connectivity index (χ0n) is 14.2. The van der Waals surface area contributed by atoms with Crippen LogP contribution in [0.2, 0.25) is 0 Å². The number of hydrogen-bond acceptors (Lipinski definition) is 6. The molecule has 2 atom stereocenters. The summed E-state index contributed by atoms with van der Waals surface area (Å²) in [7, 11) is 0. The first-order chi connectivity index (χ1) is 13.0. The Bertz CT molecular complexity index is 880. The molecule has 4 rings (SSSR count). The molecule has 0 bridgehead atoms. The van der Waals surface area contributed by atoms with Crippen molar-refractivity contribution in [3.63, 3.8) is 0 Å². The Kier molecular flexibility index (Phi) is 4.43. The Hall–Kier alpha value is -3.10. The highest BCUT2D eigenvalue weighted by Crippen LogP contribution is 2.37. The van der Waals surface area contributed by atoms with Gasteiger partial charge in [-0.1, -0.05) is 6.07 Å². The van der Waals surface area contributed by atoms with Gasteiger partial charge in [0.25, 0.3) is 0 Å². The van der Waals surface area contributed by atoms with Gasteiger partial charge in [-0.3, -0.25) is 4.79 Å². The number of imide groups is 1. The number of benzene rings is 1. The van der Waals surface area contributed by atoms with Crippen molar-refractivity contribution >= 4 is 17.8 Å². The lowest BCUT2D eigenvalue weighted by Gasteiger charge is -2.21. The molecule has 1 aromatic heterocycles. The van der Waals surface area contributed by atoms with Gasteiger partial charge in [-0.05, 0) is 23.8 Å². The predicted octanol–water partition coefficient (Wildman–Crippen LogP) is 1.95. The van der Waals surface area contributed by atoms with Crippen LogP contribution in [-0.2, 0) is 9.53 Å². The number of rotatable bonds is 3. The molecule has 0 unspecified atom stereocenters. The number of ether oxygens (including phenoxy) is 1. The summed E-state index contributed by atoms with van der Waals surface area (Å²) in [6.45, 7) is 0.835. The van der Waals surface area contributed by atoms with Crippen molar-refractivity contribution in [2.24, 2.45) is 5.92 Å². The summed E-state index contributed by atoms with van der Waals surface area (Å²) in [6, 6.07) is 6.75. The molecule has 2 fully saturated rings. The first-order valence-electron chi connectivity index (χ1n) is 8.50. The van der Waals surface area contributed by atoms with Crippen molar-refractivity contribution in [1.29, 1.82) is 0 Å². The average molecular weight is 374 g/mol. The minimum absolute atomic E-state index is 0.140. The third-order valence-corrected chi connectivity index (χ3v) is 4.91. The standard InChI is InChI=1S/C18H16F2N4O3/c19-11-3-4-12(15(20)8-11)13-9-23(16-2-1-5-21-22-16)10-14(13)17(25)24-6-7-27-18(24)26/h1-5,8,13-14H,6-7,9-10H2/t13-,14+/m0/s1.